The Kier molecular flexibility index (Phi) is 6.05. The topological polar surface area (TPSA) is 85.4 Å². The highest BCUT2D eigenvalue weighted by molar-refractivity contribution is 7.90. The predicted molar refractivity (Wildman–Crippen MR) is 100 cm³/mol. The fourth-order valence-corrected chi connectivity index (χ4v) is 5.11. The molecule has 1 amide bonds. The van der Waals surface area contributed by atoms with Crippen LogP contribution >= 0.6 is 11.3 Å². The molecule has 2 atom stereocenters. The number of ether oxygens (including phenoxy) is 1. The highest BCUT2D eigenvalue weighted by Crippen LogP contribution is 2.27. The number of carbonyl (C=O) groups is 1. The second kappa shape index (κ2) is 8.28. The van der Waals surface area contributed by atoms with E-state index in [2.05, 4.69) is 11.9 Å². The summed E-state index contributed by atoms with van der Waals surface area (Å²) in [6.07, 6.45) is 4.26. The number of carbonyl (C=O) groups excluding carboxylic acids is 1. The molecule has 2 unspecified atom stereocenters. The first-order chi connectivity index (χ1) is 12.5. The number of sulfonamides is 1. The van der Waals surface area contributed by atoms with E-state index in [4.69, 9.17) is 4.74 Å². The Hall–Kier alpha value is -1.77. The normalized spacial score (nSPS) is 20.7. The van der Waals surface area contributed by atoms with E-state index >= 15 is 0 Å². The molecule has 1 heterocycles. The van der Waals surface area contributed by atoms with Crippen molar-refractivity contribution in [3.05, 3.63) is 35.7 Å². The fraction of sp³-hybridized carbons (Fsp3) is 0.444. The van der Waals surface area contributed by atoms with Gasteiger partial charge in [0.15, 0.2) is 5.03 Å². The van der Waals surface area contributed by atoms with Crippen molar-refractivity contribution in [1.82, 2.24) is 9.71 Å². The summed E-state index contributed by atoms with van der Waals surface area (Å²) in [5.41, 5.74) is 0.833. The van der Waals surface area contributed by atoms with Crippen LogP contribution in [0.2, 0.25) is 0 Å². The maximum Gasteiger partial charge on any atom is 0.282 e. The number of hydrogen-bond donors (Lipinski definition) is 1. The first-order valence-electron chi connectivity index (χ1n) is 8.64. The van der Waals surface area contributed by atoms with Crippen molar-refractivity contribution >= 4 is 27.3 Å². The molecular weight excluding hydrogens is 372 g/mol. The van der Waals surface area contributed by atoms with Crippen molar-refractivity contribution < 1.29 is 17.9 Å². The van der Waals surface area contributed by atoms with Gasteiger partial charge in [0.05, 0.1) is 6.10 Å². The average Bonchev–Trinajstić information content (AvgIpc) is 3.13. The highest BCUT2D eigenvalue weighted by atomic mass is 32.2. The maximum absolute atomic E-state index is 12.4. The maximum atomic E-state index is 12.4. The average molecular weight is 395 g/mol. The number of benzene rings is 1. The lowest BCUT2D eigenvalue weighted by atomic mass is 9.88. The minimum Gasteiger partial charge on any atom is -0.368 e. The third-order valence-electron chi connectivity index (χ3n) is 4.49. The third-order valence-corrected chi connectivity index (χ3v) is 6.79. The minimum atomic E-state index is -3.99. The van der Waals surface area contributed by atoms with Crippen LogP contribution in [0.15, 0.2) is 40.7 Å². The van der Waals surface area contributed by atoms with Crippen LogP contribution in [0.5, 0.6) is 0 Å². The van der Waals surface area contributed by atoms with Crippen LogP contribution in [0, 0.1) is 5.92 Å². The largest absolute Gasteiger partial charge is 0.368 e. The zero-order chi connectivity index (χ0) is 18.6. The molecule has 1 aromatic carbocycles. The molecule has 1 N–H and O–H groups in total. The van der Waals surface area contributed by atoms with Gasteiger partial charge in [-0.1, -0.05) is 50.1 Å². The molecule has 6 nitrogen and oxygen atoms in total. The van der Waals surface area contributed by atoms with E-state index in [0.717, 1.165) is 24.8 Å². The van der Waals surface area contributed by atoms with E-state index < -0.39 is 15.9 Å². The van der Waals surface area contributed by atoms with Gasteiger partial charge in [-0.2, -0.15) is 8.42 Å². The van der Waals surface area contributed by atoms with Gasteiger partial charge in [-0.05, 0) is 18.8 Å². The molecule has 26 heavy (non-hydrogen) atoms. The van der Waals surface area contributed by atoms with Gasteiger partial charge in [0.2, 0.25) is 0 Å². The molecule has 1 aliphatic rings. The smallest absolute Gasteiger partial charge is 0.282 e. The van der Waals surface area contributed by atoms with Gasteiger partial charge < -0.3 is 4.74 Å². The molecule has 1 fully saturated rings. The van der Waals surface area contributed by atoms with Crippen LogP contribution in [0.3, 0.4) is 0 Å². The Bertz CT molecular complexity index is 849. The van der Waals surface area contributed by atoms with Gasteiger partial charge in [0, 0.05) is 10.9 Å². The molecular formula is C18H22N2O4S2. The van der Waals surface area contributed by atoms with E-state index in [1.54, 1.807) is 0 Å². The van der Waals surface area contributed by atoms with Crippen molar-refractivity contribution in [3.63, 3.8) is 0 Å². The number of aromatic nitrogens is 1. The molecule has 0 saturated heterocycles. The van der Waals surface area contributed by atoms with Crippen LogP contribution in [-0.2, 0) is 19.6 Å². The summed E-state index contributed by atoms with van der Waals surface area (Å²) in [6, 6.07) is 9.30. The van der Waals surface area contributed by atoms with Crippen molar-refractivity contribution in [2.24, 2.45) is 5.92 Å². The zero-order valence-electron chi connectivity index (χ0n) is 14.6. The van der Waals surface area contributed by atoms with Crippen LogP contribution in [0.1, 0.15) is 32.6 Å². The van der Waals surface area contributed by atoms with Gasteiger partial charge in [0.25, 0.3) is 15.9 Å². The van der Waals surface area contributed by atoms with Gasteiger partial charge in [0.1, 0.15) is 11.6 Å². The van der Waals surface area contributed by atoms with Crippen LogP contribution in [0.25, 0.3) is 10.6 Å². The summed E-state index contributed by atoms with van der Waals surface area (Å²) >= 11 is 1.22. The fourth-order valence-electron chi connectivity index (χ4n) is 3.04. The molecule has 0 spiro atoms. The minimum absolute atomic E-state index is 0.0150. The van der Waals surface area contributed by atoms with Gasteiger partial charge in [-0.3, -0.25) is 4.79 Å². The van der Waals surface area contributed by atoms with Crippen molar-refractivity contribution in [2.45, 2.75) is 43.7 Å². The van der Waals surface area contributed by atoms with Crippen molar-refractivity contribution in [3.8, 4) is 10.6 Å². The Morgan fingerprint density at radius 2 is 2.00 bits per heavy atom. The van der Waals surface area contributed by atoms with Gasteiger partial charge in [-0.15, -0.1) is 11.3 Å². The van der Waals surface area contributed by atoms with Crippen molar-refractivity contribution in [1.29, 1.82) is 0 Å². The van der Waals surface area contributed by atoms with E-state index in [1.165, 1.54) is 23.1 Å². The van der Waals surface area contributed by atoms with Crippen LogP contribution in [0.4, 0.5) is 0 Å². The SMILES string of the molecule is CC1CCCCC1OCC(=O)NS(=O)(=O)c1csc(-c2ccccc2)n1. The van der Waals surface area contributed by atoms with E-state index in [-0.39, 0.29) is 17.7 Å². The highest BCUT2D eigenvalue weighted by Gasteiger charge is 2.25. The second-order valence-corrected chi connectivity index (χ2v) is 8.98. The molecule has 2 aromatic rings. The lowest BCUT2D eigenvalue weighted by molar-refractivity contribution is -0.127. The Labute approximate surface area is 157 Å². The number of rotatable bonds is 6. The Morgan fingerprint density at radius 1 is 1.27 bits per heavy atom. The Morgan fingerprint density at radius 3 is 2.73 bits per heavy atom. The number of thiazole rings is 1. The summed E-state index contributed by atoms with van der Waals surface area (Å²) in [4.78, 5) is 16.2. The number of nitrogens with zero attached hydrogens (tertiary/aromatic N) is 1. The van der Waals surface area contributed by atoms with Crippen LogP contribution < -0.4 is 4.72 Å². The summed E-state index contributed by atoms with van der Waals surface area (Å²) in [5.74, 6) is -0.280. The van der Waals surface area contributed by atoms with Crippen molar-refractivity contribution in [2.75, 3.05) is 6.61 Å². The summed E-state index contributed by atoms with van der Waals surface area (Å²) in [7, 11) is -3.99. The Balaban J connectivity index is 1.60. The molecule has 1 aromatic heterocycles. The van der Waals surface area contributed by atoms with Gasteiger partial charge in [-0.25, -0.2) is 9.71 Å². The van der Waals surface area contributed by atoms with E-state index in [0.29, 0.717) is 10.9 Å². The molecule has 1 saturated carbocycles. The molecule has 3 rings (SSSR count). The molecule has 0 radical (unpaired) electrons. The standard InChI is InChI=1S/C18H22N2O4S2/c1-13-7-5-6-10-15(13)24-11-16(21)20-26(22,23)17-12-25-18(19-17)14-8-3-2-4-9-14/h2-4,8-9,12-13,15H,5-7,10-11H2,1H3,(H,20,21). The van der Waals surface area contributed by atoms with Gasteiger partial charge >= 0.3 is 0 Å². The first kappa shape index (κ1) is 19.0. The third kappa shape index (κ3) is 4.69. The van der Waals surface area contributed by atoms with Crippen LogP contribution in [-0.4, -0.2) is 32.0 Å². The lowest BCUT2D eigenvalue weighted by Crippen LogP contribution is -2.36. The molecule has 0 aliphatic heterocycles. The zero-order valence-corrected chi connectivity index (χ0v) is 16.2. The summed E-state index contributed by atoms with van der Waals surface area (Å²) in [6.45, 7) is 1.84. The van der Waals surface area contributed by atoms with E-state index in [1.807, 2.05) is 35.1 Å². The quantitative estimate of drug-likeness (QED) is 0.813. The monoisotopic (exact) mass is 394 g/mol. The lowest BCUT2D eigenvalue weighted by Gasteiger charge is -2.28. The first-order valence-corrected chi connectivity index (χ1v) is 11.0. The molecule has 1 aliphatic carbocycles. The van der Waals surface area contributed by atoms with E-state index in [9.17, 15) is 13.2 Å². The second-order valence-electron chi connectivity index (χ2n) is 6.50. The number of hydrogen-bond acceptors (Lipinski definition) is 6. The molecule has 140 valence electrons. The predicted octanol–water partition coefficient (Wildman–Crippen LogP) is 3.21. The summed E-state index contributed by atoms with van der Waals surface area (Å²) < 4.78 is 32.4. The molecule has 8 heteroatoms. The summed E-state index contributed by atoms with van der Waals surface area (Å²) in [5, 5.41) is 1.87. The number of nitrogens with one attached hydrogen (secondary N) is 1. The number of amides is 1. The molecule has 0 bridgehead atoms.